The molecule has 3 rings (SSSR count). The Morgan fingerprint density at radius 3 is 2.56 bits per heavy atom. The van der Waals surface area contributed by atoms with Crippen LogP contribution in [0.4, 0.5) is 5.82 Å². The van der Waals surface area contributed by atoms with Crippen LogP contribution in [-0.4, -0.2) is 31.6 Å². The zero-order chi connectivity index (χ0) is 19.6. The molecule has 0 saturated carbocycles. The minimum atomic E-state index is -3.77. The molecule has 2 heterocycles. The molecule has 1 aromatic heterocycles. The zero-order valence-corrected chi connectivity index (χ0v) is 16.8. The van der Waals surface area contributed by atoms with Crippen LogP contribution in [0, 0.1) is 13.8 Å². The van der Waals surface area contributed by atoms with Crippen molar-refractivity contribution < 1.29 is 17.9 Å². The Hall–Kier alpha value is -2.12. The molecule has 1 fully saturated rings. The largest absolute Gasteiger partial charge is 0.368 e. The Morgan fingerprint density at radius 2 is 1.96 bits per heavy atom. The molecule has 6 nitrogen and oxygen atoms in total. The first-order valence-corrected chi connectivity index (χ1v) is 10.8. The summed E-state index contributed by atoms with van der Waals surface area (Å²) in [7, 11) is -3.77. The predicted molar refractivity (Wildman–Crippen MR) is 104 cm³/mol. The number of hydrogen-bond donors (Lipinski definition) is 1. The van der Waals surface area contributed by atoms with Crippen LogP contribution in [0.2, 0.25) is 0 Å². The SMILES string of the molecule is CCCn1c(C)c(C)c(S(=O)(=O)c2ccccc2)c1NC(=O)[C@@H]1CCCO1. The molecular formula is C20H26N2O4S. The smallest absolute Gasteiger partial charge is 0.254 e. The fourth-order valence-electron chi connectivity index (χ4n) is 3.49. The maximum Gasteiger partial charge on any atom is 0.254 e. The molecule has 27 heavy (non-hydrogen) atoms. The molecule has 1 aliphatic rings. The highest BCUT2D eigenvalue weighted by molar-refractivity contribution is 7.91. The number of benzene rings is 1. The molecule has 1 saturated heterocycles. The highest BCUT2D eigenvalue weighted by atomic mass is 32.2. The number of carbonyl (C=O) groups excluding carboxylic acids is 1. The van der Waals surface area contributed by atoms with E-state index in [1.165, 1.54) is 0 Å². The Morgan fingerprint density at radius 1 is 1.26 bits per heavy atom. The average molecular weight is 391 g/mol. The second kappa shape index (κ2) is 7.86. The van der Waals surface area contributed by atoms with E-state index in [9.17, 15) is 13.2 Å². The van der Waals surface area contributed by atoms with Gasteiger partial charge in [0.15, 0.2) is 0 Å². The van der Waals surface area contributed by atoms with E-state index >= 15 is 0 Å². The third kappa shape index (κ3) is 3.66. The van der Waals surface area contributed by atoms with Gasteiger partial charge in [0.1, 0.15) is 16.8 Å². The van der Waals surface area contributed by atoms with Crippen LogP contribution in [-0.2, 0) is 25.9 Å². The van der Waals surface area contributed by atoms with E-state index in [4.69, 9.17) is 4.74 Å². The molecule has 0 unspecified atom stereocenters. The third-order valence-corrected chi connectivity index (χ3v) is 6.94. The van der Waals surface area contributed by atoms with Crippen molar-refractivity contribution in [2.75, 3.05) is 11.9 Å². The molecule has 1 aliphatic heterocycles. The first-order chi connectivity index (χ1) is 12.9. The van der Waals surface area contributed by atoms with Gasteiger partial charge < -0.3 is 14.6 Å². The monoisotopic (exact) mass is 390 g/mol. The van der Waals surface area contributed by atoms with E-state index in [0.717, 1.165) is 18.5 Å². The van der Waals surface area contributed by atoms with Crippen molar-refractivity contribution in [3.8, 4) is 0 Å². The summed E-state index contributed by atoms with van der Waals surface area (Å²) in [5.41, 5.74) is 1.50. The molecule has 0 bridgehead atoms. The lowest BCUT2D eigenvalue weighted by Gasteiger charge is -2.16. The maximum absolute atomic E-state index is 13.4. The number of amides is 1. The van der Waals surface area contributed by atoms with Gasteiger partial charge in [-0.1, -0.05) is 25.1 Å². The summed E-state index contributed by atoms with van der Waals surface area (Å²) in [6.45, 7) is 6.88. The first kappa shape index (κ1) is 19.6. The van der Waals surface area contributed by atoms with Gasteiger partial charge in [-0.25, -0.2) is 8.42 Å². The second-order valence-corrected chi connectivity index (χ2v) is 8.73. The molecule has 1 N–H and O–H groups in total. The highest BCUT2D eigenvalue weighted by Crippen LogP contribution is 2.35. The van der Waals surface area contributed by atoms with Gasteiger partial charge in [0.25, 0.3) is 5.91 Å². The van der Waals surface area contributed by atoms with E-state index in [1.54, 1.807) is 37.3 Å². The molecule has 1 amide bonds. The van der Waals surface area contributed by atoms with Crippen molar-refractivity contribution >= 4 is 21.6 Å². The van der Waals surface area contributed by atoms with Crippen LogP contribution in [0.3, 0.4) is 0 Å². The van der Waals surface area contributed by atoms with E-state index in [0.29, 0.717) is 31.0 Å². The number of ether oxygens (including phenoxy) is 1. The van der Waals surface area contributed by atoms with Crippen molar-refractivity contribution in [1.82, 2.24) is 4.57 Å². The van der Waals surface area contributed by atoms with E-state index in [2.05, 4.69) is 5.32 Å². The lowest BCUT2D eigenvalue weighted by atomic mass is 10.2. The van der Waals surface area contributed by atoms with E-state index in [1.807, 2.05) is 18.4 Å². The Balaban J connectivity index is 2.12. The van der Waals surface area contributed by atoms with Crippen molar-refractivity contribution in [1.29, 1.82) is 0 Å². The molecular weight excluding hydrogens is 364 g/mol. The van der Waals surface area contributed by atoms with Gasteiger partial charge in [-0.05, 0) is 50.8 Å². The molecule has 146 valence electrons. The molecule has 7 heteroatoms. The summed E-state index contributed by atoms with van der Waals surface area (Å²) in [6, 6.07) is 8.32. The van der Waals surface area contributed by atoms with Crippen LogP contribution in [0.15, 0.2) is 40.1 Å². The van der Waals surface area contributed by atoms with Gasteiger partial charge in [0.2, 0.25) is 9.84 Å². The van der Waals surface area contributed by atoms with E-state index in [-0.39, 0.29) is 15.7 Å². The van der Waals surface area contributed by atoms with Gasteiger partial charge >= 0.3 is 0 Å². The Labute approximate surface area is 160 Å². The number of carbonyl (C=O) groups is 1. The van der Waals surface area contributed by atoms with Gasteiger partial charge in [-0.15, -0.1) is 0 Å². The lowest BCUT2D eigenvalue weighted by Crippen LogP contribution is -2.29. The number of hydrogen-bond acceptors (Lipinski definition) is 4. The zero-order valence-electron chi connectivity index (χ0n) is 16.0. The van der Waals surface area contributed by atoms with Gasteiger partial charge in [-0.2, -0.15) is 0 Å². The summed E-state index contributed by atoms with van der Waals surface area (Å²) in [5.74, 6) is 0.0584. The third-order valence-electron chi connectivity index (χ3n) is 5.01. The van der Waals surface area contributed by atoms with Gasteiger partial charge in [-0.3, -0.25) is 4.79 Å². The normalized spacial score (nSPS) is 17.2. The summed E-state index contributed by atoms with van der Waals surface area (Å²) < 4.78 is 34.1. The molecule has 0 spiro atoms. The van der Waals surface area contributed by atoms with Crippen LogP contribution >= 0.6 is 0 Å². The summed E-state index contributed by atoms with van der Waals surface area (Å²) in [6.07, 6.45) is 1.78. The van der Waals surface area contributed by atoms with Gasteiger partial charge in [0, 0.05) is 18.8 Å². The minimum absolute atomic E-state index is 0.172. The summed E-state index contributed by atoms with van der Waals surface area (Å²) in [5, 5.41) is 2.86. The van der Waals surface area contributed by atoms with E-state index < -0.39 is 15.9 Å². The molecule has 2 aromatic rings. The topological polar surface area (TPSA) is 77.4 Å². The lowest BCUT2D eigenvalue weighted by molar-refractivity contribution is -0.124. The minimum Gasteiger partial charge on any atom is -0.368 e. The van der Waals surface area contributed by atoms with Crippen molar-refractivity contribution in [2.45, 2.75) is 62.5 Å². The average Bonchev–Trinajstić information content (AvgIpc) is 3.27. The Kier molecular flexibility index (Phi) is 5.72. The van der Waals surface area contributed by atoms with Crippen LogP contribution < -0.4 is 5.32 Å². The standard InChI is InChI=1S/C20H26N2O4S/c1-4-12-22-15(3)14(2)18(27(24,25)16-9-6-5-7-10-16)19(22)21-20(23)17-11-8-13-26-17/h5-7,9-10,17H,4,8,11-13H2,1-3H3,(H,21,23)/t17-/m0/s1. The molecule has 0 aliphatic carbocycles. The molecule has 0 radical (unpaired) electrons. The van der Waals surface area contributed by atoms with Crippen molar-refractivity contribution in [3.05, 3.63) is 41.6 Å². The molecule has 1 aromatic carbocycles. The number of aromatic nitrogens is 1. The number of rotatable bonds is 6. The van der Waals surface area contributed by atoms with Crippen LogP contribution in [0.5, 0.6) is 0 Å². The fourth-order valence-corrected chi connectivity index (χ4v) is 5.21. The maximum atomic E-state index is 13.4. The van der Waals surface area contributed by atoms with Crippen molar-refractivity contribution in [3.63, 3.8) is 0 Å². The second-order valence-electron chi connectivity index (χ2n) is 6.85. The fraction of sp³-hybridized carbons (Fsp3) is 0.450. The van der Waals surface area contributed by atoms with Crippen molar-refractivity contribution in [2.24, 2.45) is 0 Å². The quantitative estimate of drug-likeness (QED) is 0.819. The number of nitrogens with one attached hydrogen (secondary N) is 1. The number of sulfone groups is 1. The number of nitrogens with zero attached hydrogens (tertiary/aromatic N) is 1. The number of anilines is 1. The predicted octanol–water partition coefficient (Wildman–Crippen LogP) is 3.47. The van der Waals surface area contributed by atoms with Crippen LogP contribution in [0.25, 0.3) is 0 Å². The summed E-state index contributed by atoms with van der Waals surface area (Å²) >= 11 is 0. The summed E-state index contributed by atoms with van der Waals surface area (Å²) in [4.78, 5) is 13.1. The first-order valence-electron chi connectivity index (χ1n) is 9.30. The Bertz CT molecular complexity index is 927. The molecule has 1 atom stereocenters. The highest BCUT2D eigenvalue weighted by Gasteiger charge is 2.32. The van der Waals surface area contributed by atoms with Gasteiger partial charge in [0.05, 0.1) is 4.90 Å². The van der Waals surface area contributed by atoms with Crippen LogP contribution in [0.1, 0.15) is 37.4 Å².